The second kappa shape index (κ2) is 4.73. The van der Waals surface area contributed by atoms with E-state index in [0.29, 0.717) is 5.02 Å². The normalized spacial score (nSPS) is 12.6. The van der Waals surface area contributed by atoms with Gasteiger partial charge in [-0.3, -0.25) is 0 Å². The maximum atomic E-state index is 6.11. The number of methoxy groups -OCH3 is 1. The lowest BCUT2D eigenvalue weighted by atomic mass is 10.1. The van der Waals surface area contributed by atoms with Crippen molar-refractivity contribution in [3.8, 4) is 5.75 Å². The smallest absolute Gasteiger partial charge is 0.123 e. The van der Waals surface area contributed by atoms with Crippen LogP contribution in [0.3, 0.4) is 0 Å². The Morgan fingerprint density at radius 1 is 1.46 bits per heavy atom. The van der Waals surface area contributed by atoms with Crippen molar-refractivity contribution in [1.82, 2.24) is 0 Å². The Hall–Kier alpha value is -0.400. The summed E-state index contributed by atoms with van der Waals surface area (Å²) in [6, 6.07) is 5.48. The molecule has 0 aliphatic carbocycles. The van der Waals surface area contributed by atoms with Crippen molar-refractivity contribution in [2.24, 2.45) is 0 Å². The molecule has 1 rings (SSSR count). The molecule has 0 saturated carbocycles. The number of hydrogen-bond acceptors (Lipinski definition) is 1. The van der Waals surface area contributed by atoms with Gasteiger partial charge in [-0.2, -0.15) is 0 Å². The van der Waals surface area contributed by atoms with E-state index in [1.165, 1.54) is 0 Å². The third kappa shape index (κ3) is 2.52. The Morgan fingerprint density at radius 2 is 2.15 bits per heavy atom. The van der Waals surface area contributed by atoms with Crippen LogP contribution in [0.15, 0.2) is 18.2 Å². The summed E-state index contributed by atoms with van der Waals surface area (Å²) in [5.41, 5.74) is 0.958. The highest BCUT2D eigenvalue weighted by molar-refractivity contribution is 6.30. The molecule has 0 saturated heterocycles. The van der Waals surface area contributed by atoms with Gasteiger partial charge in [-0.1, -0.05) is 18.5 Å². The van der Waals surface area contributed by atoms with Crippen LogP contribution >= 0.6 is 23.2 Å². The fraction of sp³-hybridized carbons (Fsp3) is 0.400. The molecule has 0 heterocycles. The molecule has 0 aliphatic rings. The number of ether oxygens (including phenoxy) is 1. The lowest BCUT2D eigenvalue weighted by Crippen LogP contribution is -1.94. The molecular weight excluding hydrogens is 207 g/mol. The monoisotopic (exact) mass is 218 g/mol. The van der Waals surface area contributed by atoms with E-state index in [1.54, 1.807) is 13.2 Å². The summed E-state index contributed by atoms with van der Waals surface area (Å²) in [5.74, 6) is 0.797. The summed E-state index contributed by atoms with van der Waals surface area (Å²) in [6.07, 6.45) is 0.859. The summed E-state index contributed by atoms with van der Waals surface area (Å²) in [5, 5.41) is 0.656. The standard InChI is InChI=1S/C10H12Cl2O/c1-3-9(12)8-6-7(11)4-5-10(8)13-2/h4-6,9H,3H2,1-2H3. The first-order valence-electron chi connectivity index (χ1n) is 4.16. The Morgan fingerprint density at radius 3 is 2.69 bits per heavy atom. The van der Waals surface area contributed by atoms with Gasteiger partial charge in [-0.05, 0) is 24.6 Å². The Balaban J connectivity index is 3.07. The molecule has 1 atom stereocenters. The van der Waals surface area contributed by atoms with E-state index in [2.05, 4.69) is 0 Å². The number of hydrogen-bond donors (Lipinski definition) is 0. The van der Waals surface area contributed by atoms with Gasteiger partial charge >= 0.3 is 0 Å². The van der Waals surface area contributed by atoms with E-state index in [9.17, 15) is 0 Å². The van der Waals surface area contributed by atoms with Gasteiger partial charge < -0.3 is 4.74 Å². The van der Waals surface area contributed by atoms with Gasteiger partial charge in [0.1, 0.15) is 5.75 Å². The lowest BCUT2D eigenvalue weighted by Gasteiger charge is -2.12. The van der Waals surface area contributed by atoms with Crippen LogP contribution in [0.2, 0.25) is 5.02 Å². The first kappa shape index (κ1) is 10.7. The van der Waals surface area contributed by atoms with Crippen molar-refractivity contribution in [3.63, 3.8) is 0 Å². The number of rotatable bonds is 3. The van der Waals surface area contributed by atoms with Crippen LogP contribution in [-0.4, -0.2) is 7.11 Å². The molecule has 0 amide bonds. The van der Waals surface area contributed by atoms with Crippen LogP contribution in [0, 0.1) is 0 Å². The molecule has 0 spiro atoms. The van der Waals surface area contributed by atoms with Crippen LogP contribution in [0.5, 0.6) is 5.75 Å². The number of benzene rings is 1. The van der Waals surface area contributed by atoms with Gasteiger partial charge in [0.2, 0.25) is 0 Å². The Labute approximate surface area is 88.6 Å². The van der Waals surface area contributed by atoms with Gasteiger partial charge in [-0.15, -0.1) is 11.6 Å². The molecule has 72 valence electrons. The summed E-state index contributed by atoms with van der Waals surface area (Å²) < 4.78 is 5.18. The molecule has 1 aromatic carbocycles. The molecular formula is C10H12Cl2O. The second-order valence-corrected chi connectivity index (χ2v) is 3.73. The van der Waals surface area contributed by atoms with Crippen molar-refractivity contribution < 1.29 is 4.74 Å². The van der Waals surface area contributed by atoms with E-state index >= 15 is 0 Å². The maximum Gasteiger partial charge on any atom is 0.123 e. The first-order chi connectivity index (χ1) is 6.19. The molecule has 1 nitrogen and oxygen atoms in total. The largest absolute Gasteiger partial charge is 0.496 e. The zero-order chi connectivity index (χ0) is 9.84. The molecule has 0 aliphatic heterocycles. The highest BCUT2D eigenvalue weighted by atomic mass is 35.5. The SMILES string of the molecule is CCC(Cl)c1cc(Cl)ccc1OC. The molecule has 0 aromatic heterocycles. The molecule has 0 bridgehead atoms. The summed E-state index contributed by atoms with van der Waals surface area (Å²) in [7, 11) is 1.63. The highest BCUT2D eigenvalue weighted by Gasteiger charge is 2.11. The molecule has 13 heavy (non-hydrogen) atoms. The van der Waals surface area contributed by atoms with Gasteiger partial charge in [0, 0.05) is 10.6 Å². The summed E-state index contributed by atoms with van der Waals surface area (Å²) in [4.78, 5) is 0. The number of alkyl halides is 1. The number of halogens is 2. The molecule has 0 fully saturated rings. The van der Waals surface area contributed by atoms with E-state index in [-0.39, 0.29) is 5.38 Å². The van der Waals surface area contributed by atoms with E-state index < -0.39 is 0 Å². The first-order valence-corrected chi connectivity index (χ1v) is 4.98. The summed E-state index contributed by atoms with van der Waals surface area (Å²) >= 11 is 12.0. The second-order valence-electron chi connectivity index (χ2n) is 2.76. The van der Waals surface area contributed by atoms with Gasteiger partial charge in [0.25, 0.3) is 0 Å². The van der Waals surface area contributed by atoms with E-state index in [4.69, 9.17) is 27.9 Å². The van der Waals surface area contributed by atoms with Crippen LogP contribution < -0.4 is 4.74 Å². The summed E-state index contributed by atoms with van der Waals surface area (Å²) in [6.45, 7) is 2.03. The molecule has 0 radical (unpaired) electrons. The minimum Gasteiger partial charge on any atom is -0.496 e. The third-order valence-electron chi connectivity index (χ3n) is 1.89. The van der Waals surface area contributed by atoms with Crippen LogP contribution in [0.25, 0.3) is 0 Å². The minimum absolute atomic E-state index is 0.0337. The maximum absolute atomic E-state index is 6.11. The van der Waals surface area contributed by atoms with Crippen LogP contribution in [-0.2, 0) is 0 Å². The van der Waals surface area contributed by atoms with Crippen molar-refractivity contribution in [2.45, 2.75) is 18.7 Å². The van der Waals surface area contributed by atoms with Gasteiger partial charge in [0.15, 0.2) is 0 Å². The van der Waals surface area contributed by atoms with Crippen molar-refractivity contribution >= 4 is 23.2 Å². The zero-order valence-corrected chi connectivity index (χ0v) is 9.19. The van der Waals surface area contributed by atoms with Crippen molar-refractivity contribution in [3.05, 3.63) is 28.8 Å². The van der Waals surface area contributed by atoms with E-state index in [0.717, 1.165) is 17.7 Å². The van der Waals surface area contributed by atoms with Gasteiger partial charge in [0.05, 0.1) is 12.5 Å². The predicted octanol–water partition coefficient (Wildman–Crippen LogP) is 4.04. The van der Waals surface area contributed by atoms with Crippen LogP contribution in [0.4, 0.5) is 0 Å². The molecule has 3 heteroatoms. The zero-order valence-electron chi connectivity index (χ0n) is 7.68. The Bertz CT molecular complexity index is 286. The average Bonchev–Trinajstić information content (AvgIpc) is 2.16. The van der Waals surface area contributed by atoms with Gasteiger partial charge in [-0.25, -0.2) is 0 Å². The highest BCUT2D eigenvalue weighted by Crippen LogP contribution is 2.33. The molecule has 0 N–H and O–H groups in total. The molecule has 1 unspecified atom stereocenters. The Kier molecular flexibility index (Phi) is 3.89. The minimum atomic E-state index is -0.0337. The molecule has 1 aromatic rings. The van der Waals surface area contributed by atoms with Crippen molar-refractivity contribution in [1.29, 1.82) is 0 Å². The quantitative estimate of drug-likeness (QED) is 0.697. The topological polar surface area (TPSA) is 9.23 Å². The van der Waals surface area contributed by atoms with E-state index in [1.807, 2.05) is 19.1 Å². The average molecular weight is 219 g/mol. The fourth-order valence-electron chi connectivity index (χ4n) is 1.17. The fourth-order valence-corrected chi connectivity index (χ4v) is 1.52. The van der Waals surface area contributed by atoms with Crippen molar-refractivity contribution in [2.75, 3.05) is 7.11 Å². The lowest BCUT2D eigenvalue weighted by molar-refractivity contribution is 0.409. The van der Waals surface area contributed by atoms with Crippen LogP contribution in [0.1, 0.15) is 24.3 Å². The third-order valence-corrected chi connectivity index (χ3v) is 2.67. The predicted molar refractivity (Wildman–Crippen MR) is 56.9 cm³/mol.